The Morgan fingerprint density at radius 3 is 1.16 bits per heavy atom. The summed E-state index contributed by atoms with van der Waals surface area (Å²) in [5.41, 5.74) is 2.09. The minimum Gasteiger partial charge on any atom is -0.365 e. The first-order chi connectivity index (χ1) is 56.0. The zero-order valence-corrected chi connectivity index (χ0v) is 87.6. The van der Waals surface area contributed by atoms with Gasteiger partial charge in [0.05, 0.1) is 192 Å². The standard InChI is InChI=1S/C15H30N.C14H29N2.C14H28N.2C13H27N2.2C13H26N.C12H21N2O/c1-11(2)13-9-14-7-6-8-15(10-13)16(14,5)12(3)4;1-11(2)15-9-13-7-6-8-14(10-15)16(13,5)12(3)4;1-10(2)12-8-13-6-7-14(9-12)15(13,5)11(3)4;1-10(2)14-8-13-7-6-12(14)9-15(13,5)11(3)4;1-10(2)14-8-12-6-7-13(9-14)15(12,5)11(3)4;1-11(2)13-7-5-9-14(13,12(3)4)10-6-8-13;1-10(2)12-7-9-14(11(3)4)8-5-6-13(12)14;1-9(2)11-7-14(10(3)4)12-8-15-6-5-13(11)12/h11-15H,6-10H2,1-5H3;11-14H,6-10H2,1-5H3;10-14H,6-9H2,1-5H3;2*10-13H,6-9H2,1-5H3;11-12H,5-10H2,1-4H3;10-13H,5-9H2,1-4H3;7,9-10H,5-6,8H2,1-4H3/q8*+1. The zero-order valence-electron chi connectivity index (χ0n) is 87.6. The van der Waals surface area contributed by atoms with Crippen LogP contribution in [-0.4, -0.2) is 290 Å². The van der Waals surface area contributed by atoms with Crippen LogP contribution in [0, 0.1) is 41.4 Å². The van der Waals surface area contributed by atoms with Gasteiger partial charge in [0, 0.05) is 151 Å². The molecule has 13 nitrogen and oxygen atoms in total. The maximum Gasteiger partial charge on any atom is 0.283 e. The summed E-state index contributed by atoms with van der Waals surface area (Å²) in [6, 6.07) is 18.5. The summed E-state index contributed by atoms with van der Waals surface area (Å²) >= 11 is 0. The van der Waals surface area contributed by atoms with E-state index >= 15 is 0 Å². The number of likely N-dealkylation sites (tertiary alicyclic amines) is 2. The molecule has 0 aliphatic carbocycles. The predicted molar refractivity (Wildman–Crippen MR) is 516 cm³/mol. The second kappa shape index (κ2) is 41.9. The van der Waals surface area contributed by atoms with Crippen LogP contribution >= 0.6 is 0 Å². The molecule has 0 saturated carbocycles. The van der Waals surface area contributed by atoms with Crippen LogP contribution in [0.5, 0.6) is 0 Å². The fraction of sp³-hybridized carbons (Fsp3) is 0.972. The van der Waals surface area contributed by atoms with Crippen molar-refractivity contribution < 1.29 is 40.7 Å². The van der Waals surface area contributed by atoms with E-state index in [0.29, 0.717) is 17.5 Å². The third-order valence-corrected chi connectivity index (χ3v) is 40.3. The normalized spacial score (nSPS) is 39.3. The van der Waals surface area contributed by atoms with Gasteiger partial charge in [0.2, 0.25) is 0 Å². The molecule has 17 heterocycles. The number of aromatic nitrogens is 2. The number of fused-ring (bicyclic) bond motifs is 14. The van der Waals surface area contributed by atoms with E-state index in [1.165, 1.54) is 256 Å². The molecule has 0 spiro atoms. The van der Waals surface area contributed by atoms with Crippen molar-refractivity contribution in [3.63, 3.8) is 0 Å². The highest BCUT2D eigenvalue weighted by Crippen LogP contribution is 2.54. The van der Waals surface area contributed by atoms with E-state index in [1.807, 2.05) is 0 Å². The van der Waals surface area contributed by atoms with Crippen LogP contribution in [0.4, 0.5) is 0 Å². The summed E-state index contributed by atoms with van der Waals surface area (Å²) in [7, 11) is 12.5. The lowest BCUT2D eigenvalue weighted by Crippen LogP contribution is -2.73. The number of imidazole rings is 1. The smallest absolute Gasteiger partial charge is 0.283 e. The third kappa shape index (κ3) is 20.6. The van der Waals surface area contributed by atoms with Crippen molar-refractivity contribution in [2.45, 2.75) is 527 Å². The topological polar surface area (TPSA) is 27.8 Å². The van der Waals surface area contributed by atoms with Crippen LogP contribution < -0.4 is 4.57 Å². The molecule has 13 heteroatoms. The van der Waals surface area contributed by atoms with Gasteiger partial charge in [0.15, 0.2) is 0 Å². The van der Waals surface area contributed by atoms with Crippen molar-refractivity contribution in [2.24, 2.45) is 41.4 Å². The first-order valence-corrected chi connectivity index (χ1v) is 53.0. The lowest BCUT2D eigenvalue weighted by Gasteiger charge is -2.59. The molecule has 700 valence electrons. The molecule has 0 N–H and O–H groups in total. The molecule has 15 saturated heterocycles. The summed E-state index contributed by atoms with van der Waals surface area (Å²) in [5, 5.41) is 0. The Kier molecular flexibility index (Phi) is 35.8. The molecule has 0 radical (unpaired) electrons. The molecule has 1 aromatic rings. The number of piperidine rings is 6. The van der Waals surface area contributed by atoms with Crippen LogP contribution in [0.25, 0.3) is 0 Å². The van der Waals surface area contributed by atoms with Crippen LogP contribution in [0.2, 0.25) is 0 Å². The second-order valence-electron chi connectivity index (χ2n) is 49.8. The van der Waals surface area contributed by atoms with E-state index in [9.17, 15) is 0 Å². The van der Waals surface area contributed by atoms with Gasteiger partial charge >= 0.3 is 0 Å². The Morgan fingerprint density at radius 2 is 0.808 bits per heavy atom. The summed E-state index contributed by atoms with van der Waals surface area (Å²) in [4.78, 5) is 8.12. The fourth-order valence-electron chi connectivity index (χ4n) is 30.5. The van der Waals surface area contributed by atoms with Crippen molar-refractivity contribution in [3.05, 3.63) is 17.7 Å². The number of nitrogens with zero attached hydrogens (tertiary/aromatic N) is 12. The van der Waals surface area contributed by atoms with Gasteiger partial charge < -0.3 is 36.1 Å². The number of piperazine rings is 3. The van der Waals surface area contributed by atoms with Gasteiger partial charge in [-0.05, 0) is 214 Å². The largest absolute Gasteiger partial charge is 0.365 e. The lowest BCUT2D eigenvalue weighted by molar-refractivity contribution is -0.986. The molecule has 14 atom stereocenters. The van der Waals surface area contributed by atoms with E-state index in [-0.39, 0.29) is 0 Å². The molecular weight excluding hydrogens is 1470 g/mol. The summed E-state index contributed by atoms with van der Waals surface area (Å²) < 4.78 is 20.0. The van der Waals surface area contributed by atoms with Crippen molar-refractivity contribution in [2.75, 3.05) is 107 Å². The number of hydrogen-bond acceptors (Lipinski definition) is 4. The minimum absolute atomic E-state index is 0.514. The molecule has 1 aromatic heterocycles. The number of quaternary nitrogens is 7. The second-order valence-corrected chi connectivity index (χ2v) is 49.8. The zero-order chi connectivity index (χ0) is 89.2. The molecule has 0 aromatic carbocycles. The Labute approximate surface area is 748 Å². The average Bonchev–Trinajstić information content (AvgIpc) is 1.57. The molecule has 120 heavy (non-hydrogen) atoms. The number of likely N-dealkylation sites (N-methyl/N-ethyl adjacent to an activating group) is 3. The lowest BCUT2D eigenvalue weighted by atomic mass is 9.72. The third-order valence-electron chi connectivity index (χ3n) is 40.3. The summed E-state index contributed by atoms with van der Waals surface area (Å²) in [6.45, 7) is 92.7. The van der Waals surface area contributed by atoms with E-state index < -0.39 is 0 Å². The Bertz CT molecular complexity index is 3000. The monoisotopic (exact) mass is 1680 g/mol. The molecule has 16 aliphatic rings. The van der Waals surface area contributed by atoms with E-state index in [4.69, 9.17) is 4.74 Å². The van der Waals surface area contributed by atoms with Crippen molar-refractivity contribution in [1.82, 2.24) is 19.3 Å². The van der Waals surface area contributed by atoms with E-state index in [0.717, 1.165) is 188 Å². The molecule has 14 unspecified atom stereocenters. The van der Waals surface area contributed by atoms with Gasteiger partial charge in [0.25, 0.3) is 5.82 Å². The van der Waals surface area contributed by atoms with Gasteiger partial charge in [0.1, 0.15) is 60.8 Å². The highest BCUT2D eigenvalue weighted by atomic mass is 16.5. The minimum atomic E-state index is 0.514. The number of hydrogen-bond donors (Lipinski definition) is 0. The van der Waals surface area contributed by atoms with Crippen LogP contribution in [0.15, 0.2) is 6.20 Å². The Morgan fingerprint density at radius 1 is 0.392 bits per heavy atom. The Hall–Kier alpha value is -1.23. The van der Waals surface area contributed by atoms with Gasteiger partial charge in [-0.25, -0.2) is 9.13 Å². The molecule has 15 fully saturated rings. The number of rotatable bonds is 16. The van der Waals surface area contributed by atoms with Gasteiger partial charge in [-0.1, -0.05) is 69.2 Å². The van der Waals surface area contributed by atoms with Crippen LogP contribution in [0.3, 0.4) is 0 Å². The van der Waals surface area contributed by atoms with Gasteiger partial charge in [-0.2, -0.15) is 0 Å². The number of ether oxygens (including phenoxy) is 1. The maximum atomic E-state index is 5.54. The first-order valence-electron chi connectivity index (χ1n) is 53.0. The molecular formula is C107H214N12O+8. The van der Waals surface area contributed by atoms with Gasteiger partial charge in [-0.3, -0.25) is 14.7 Å². The Balaban J connectivity index is 0.000000156. The quantitative estimate of drug-likeness (QED) is 0.122. The van der Waals surface area contributed by atoms with Crippen LogP contribution in [0.1, 0.15) is 393 Å². The van der Waals surface area contributed by atoms with E-state index in [1.54, 1.807) is 0 Å². The highest BCUT2D eigenvalue weighted by Gasteiger charge is 2.62. The first kappa shape index (κ1) is 103. The summed E-state index contributed by atoms with van der Waals surface area (Å²) in [6.07, 6.45) is 36.2. The van der Waals surface area contributed by atoms with E-state index in [2.05, 4.69) is 287 Å². The van der Waals surface area contributed by atoms with Gasteiger partial charge in [-0.15, -0.1) is 0 Å². The highest BCUT2D eigenvalue weighted by molar-refractivity contribution is 5.06. The molecule has 17 rings (SSSR count). The van der Waals surface area contributed by atoms with Crippen molar-refractivity contribution in [3.8, 4) is 0 Å². The fourth-order valence-corrected chi connectivity index (χ4v) is 30.5. The predicted octanol–water partition coefficient (Wildman–Crippen LogP) is 22.2. The maximum absolute atomic E-state index is 5.54. The molecule has 0 amide bonds. The van der Waals surface area contributed by atoms with Crippen molar-refractivity contribution in [1.29, 1.82) is 0 Å². The SMILES string of the molecule is CC(C)C12CCC[N+]1(C(C)C)CCC2.CC(C)C1CC2CCC(C1)[N+]2(C)C(C)C.CC(C)C1CC2CCCC(C1)[N+]2(C)C(C)C.CC(C)C1CC[N+]2(C(C)C)CCCC12.CC(C)N1CC2CCC(C1)[N+]2(C)C(C)C.CC(C)N1CC2CCC1C[N+]2(C)C(C)C.CC(C)N1CC2CCCC(C1)[N+]2(C)C(C)C.CC(C)c1c[n+](C(C)C)c2n1CCOC2. The summed E-state index contributed by atoms with van der Waals surface area (Å²) in [5.74, 6) is 8.49. The average molecular weight is 1680 g/mol. The molecule has 16 aliphatic heterocycles. The van der Waals surface area contributed by atoms with Crippen LogP contribution in [-0.2, 0) is 17.9 Å². The molecule has 10 bridgehead atoms. The van der Waals surface area contributed by atoms with Crippen molar-refractivity contribution >= 4 is 0 Å².